The minimum Gasteiger partial charge on any atom is -0.481 e. The van der Waals surface area contributed by atoms with Gasteiger partial charge in [0.15, 0.2) is 0 Å². The lowest BCUT2D eigenvalue weighted by atomic mass is 9.82. The van der Waals surface area contributed by atoms with E-state index in [9.17, 15) is 14.7 Å². The molecular weight excluding hydrogens is 290 g/mol. The highest BCUT2D eigenvalue weighted by Crippen LogP contribution is 2.29. The van der Waals surface area contributed by atoms with E-state index >= 15 is 0 Å². The summed E-state index contributed by atoms with van der Waals surface area (Å²) in [6.07, 6.45) is 1.39. The van der Waals surface area contributed by atoms with Gasteiger partial charge in [-0.2, -0.15) is 11.8 Å². The molecule has 2 amide bonds. The van der Waals surface area contributed by atoms with Gasteiger partial charge >= 0.3 is 12.0 Å². The smallest absolute Gasteiger partial charge is 0.317 e. The minimum absolute atomic E-state index is 0.131. The standard InChI is InChI=1S/C14H25N3O3S/c1-14(12(18)19)3-2-5-17(11-14)13(20)15-4-6-16-7-9-21-10-8-16/h2-11H2,1H3,(H,15,20)(H,18,19). The van der Waals surface area contributed by atoms with Crippen molar-refractivity contribution in [2.75, 3.05) is 50.8 Å². The summed E-state index contributed by atoms with van der Waals surface area (Å²) >= 11 is 1.97. The van der Waals surface area contributed by atoms with Gasteiger partial charge in [0.25, 0.3) is 0 Å². The number of thioether (sulfide) groups is 1. The Kier molecular flexibility index (Phi) is 5.75. The highest BCUT2D eigenvalue weighted by atomic mass is 32.2. The molecular formula is C14H25N3O3S. The second kappa shape index (κ2) is 7.35. The first kappa shape index (κ1) is 16.4. The van der Waals surface area contributed by atoms with Crippen LogP contribution < -0.4 is 5.32 Å². The molecule has 120 valence electrons. The van der Waals surface area contributed by atoms with Crippen LogP contribution in [0.25, 0.3) is 0 Å². The number of nitrogens with zero attached hydrogens (tertiary/aromatic N) is 2. The number of carboxylic acid groups (broad SMARTS) is 1. The fourth-order valence-electron chi connectivity index (χ4n) is 2.84. The van der Waals surface area contributed by atoms with E-state index in [1.165, 1.54) is 0 Å². The Morgan fingerprint density at radius 3 is 2.67 bits per heavy atom. The maximum Gasteiger partial charge on any atom is 0.317 e. The lowest BCUT2D eigenvalue weighted by molar-refractivity contribution is -0.150. The second-order valence-electron chi connectivity index (χ2n) is 6.08. The fraction of sp³-hybridized carbons (Fsp3) is 0.857. The number of carbonyl (C=O) groups excluding carboxylic acids is 1. The summed E-state index contributed by atoms with van der Waals surface area (Å²) in [6.45, 7) is 6.34. The molecule has 0 aromatic carbocycles. The molecule has 7 heteroatoms. The van der Waals surface area contributed by atoms with E-state index in [4.69, 9.17) is 0 Å². The molecule has 0 spiro atoms. The number of amides is 2. The predicted octanol–water partition coefficient (Wildman–Crippen LogP) is 0.932. The summed E-state index contributed by atoms with van der Waals surface area (Å²) in [4.78, 5) is 27.4. The zero-order chi connectivity index (χ0) is 15.3. The van der Waals surface area contributed by atoms with Crippen LogP contribution in [0.4, 0.5) is 4.79 Å². The number of nitrogens with one attached hydrogen (secondary N) is 1. The van der Waals surface area contributed by atoms with Gasteiger partial charge in [-0.15, -0.1) is 0 Å². The number of hydrogen-bond acceptors (Lipinski definition) is 4. The Balaban J connectivity index is 1.73. The van der Waals surface area contributed by atoms with Gasteiger partial charge in [0, 0.05) is 50.8 Å². The van der Waals surface area contributed by atoms with Crippen molar-refractivity contribution in [1.29, 1.82) is 0 Å². The Hall–Kier alpha value is -0.950. The molecule has 2 aliphatic heterocycles. The molecule has 0 aromatic rings. The van der Waals surface area contributed by atoms with Crippen molar-refractivity contribution in [1.82, 2.24) is 15.1 Å². The second-order valence-corrected chi connectivity index (χ2v) is 7.30. The van der Waals surface area contributed by atoms with Crippen LogP contribution in [0.15, 0.2) is 0 Å². The van der Waals surface area contributed by atoms with E-state index in [1.54, 1.807) is 11.8 Å². The summed E-state index contributed by atoms with van der Waals surface area (Å²) in [5.41, 5.74) is -0.806. The van der Waals surface area contributed by atoms with Gasteiger partial charge in [-0.05, 0) is 19.8 Å². The summed E-state index contributed by atoms with van der Waals surface area (Å²) in [5, 5.41) is 12.2. The molecule has 2 aliphatic rings. The van der Waals surface area contributed by atoms with E-state index in [-0.39, 0.29) is 6.03 Å². The summed E-state index contributed by atoms with van der Waals surface area (Å²) in [5.74, 6) is 1.51. The Morgan fingerprint density at radius 2 is 2.00 bits per heavy atom. The summed E-state index contributed by atoms with van der Waals surface area (Å²) in [7, 11) is 0. The lowest BCUT2D eigenvalue weighted by Gasteiger charge is -2.37. The Labute approximate surface area is 130 Å². The molecule has 2 heterocycles. The van der Waals surface area contributed by atoms with Crippen LogP contribution in [0.1, 0.15) is 19.8 Å². The van der Waals surface area contributed by atoms with Gasteiger partial charge in [-0.25, -0.2) is 4.79 Å². The van der Waals surface area contributed by atoms with Crippen molar-refractivity contribution in [3.8, 4) is 0 Å². The molecule has 6 nitrogen and oxygen atoms in total. The quantitative estimate of drug-likeness (QED) is 0.807. The predicted molar refractivity (Wildman–Crippen MR) is 83.7 cm³/mol. The number of piperidine rings is 1. The van der Waals surface area contributed by atoms with Crippen LogP contribution in [0.2, 0.25) is 0 Å². The van der Waals surface area contributed by atoms with Crippen LogP contribution in [-0.2, 0) is 4.79 Å². The molecule has 2 fully saturated rings. The number of urea groups is 1. The molecule has 21 heavy (non-hydrogen) atoms. The fourth-order valence-corrected chi connectivity index (χ4v) is 3.82. The lowest BCUT2D eigenvalue weighted by Crippen LogP contribution is -2.52. The summed E-state index contributed by atoms with van der Waals surface area (Å²) < 4.78 is 0. The summed E-state index contributed by atoms with van der Waals surface area (Å²) in [6, 6.07) is -0.131. The third kappa shape index (κ3) is 4.51. The number of carboxylic acids is 1. The molecule has 2 N–H and O–H groups in total. The zero-order valence-corrected chi connectivity index (χ0v) is 13.5. The van der Waals surface area contributed by atoms with Gasteiger partial charge in [-0.3, -0.25) is 9.69 Å². The molecule has 2 rings (SSSR count). The first-order valence-corrected chi connectivity index (χ1v) is 8.73. The highest BCUT2D eigenvalue weighted by Gasteiger charge is 2.39. The van der Waals surface area contributed by atoms with E-state index in [2.05, 4.69) is 10.2 Å². The molecule has 1 unspecified atom stereocenters. The maximum absolute atomic E-state index is 12.1. The van der Waals surface area contributed by atoms with Gasteiger partial charge in [0.05, 0.1) is 5.41 Å². The zero-order valence-electron chi connectivity index (χ0n) is 12.6. The first-order valence-electron chi connectivity index (χ1n) is 7.57. The Bertz CT molecular complexity index is 388. The number of rotatable bonds is 4. The SMILES string of the molecule is CC1(C(=O)O)CCCN(C(=O)NCCN2CCSCC2)C1. The van der Waals surface area contributed by atoms with Gasteiger partial charge in [-0.1, -0.05) is 0 Å². The normalized spacial score (nSPS) is 27.4. The number of likely N-dealkylation sites (tertiary alicyclic amines) is 1. The van der Waals surface area contributed by atoms with Crippen LogP contribution >= 0.6 is 11.8 Å². The van der Waals surface area contributed by atoms with E-state index < -0.39 is 11.4 Å². The average molecular weight is 315 g/mol. The van der Waals surface area contributed by atoms with Crippen LogP contribution in [0.3, 0.4) is 0 Å². The van der Waals surface area contributed by atoms with Crippen LogP contribution in [0.5, 0.6) is 0 Å². The number of carbonyl (C=O) groups is 2. The largest absolute Gasteiger partial charge is 0.481 e. The van der Waals surface area contributed by atoms with Crippen LogP contribution in [-0.4, -0.2) is 77.7 Å². The highest BCUT2D eigenvalue weighted by molar-refractivity contribution is 7.99. The van der Waals surface area contributed by atoms with Crippen molar-refractivity contribution >= 4 is 23.8 Å². The van der Waals surface area contributed by atoms with E-state index in [0.29, 0.717) is 26.1 Å². The van der Waals surface area contributed by atoms with Gasteiger partial charge in [0.1, 0.15) is 0 Å². The maximum atomic E-state index is 12.1. The molecule has 2 saturated heterocycles. The van der Waals surface area contributed by atoms with Crippen molar-refractivity contribution in [3.63, 3.8) is 0 Å². The molecule has 0 radical (unpaired) electrons. The molecule has 0 aliphatic carbocycles. The number of aliphatic carboxylic acids is 1. The van der Waals surface area contributed by atoms with E-state index in [0.717, 1.165) is 37.6 Å². The molecule has 1 atom stereocenters. The molecule has 0 saturated carbocycles. The first-order chi connectivity index (χ1) is 10.0. The van der Waals surface area contributed by atoms with Crippen molar-refractivity contribution < 1.29 is 14.7 Å². The molecule has 0 bridgehead atoms. The van der Waals surface area contributed by atoms with E-state index in [1.807, 2.05) is 11.8 Å². The third-order valence-electron chi connectivity index (χ3n) is 4.31. The topological polar surface area (TPSA) is 72.9 Å². The molecule has 0 aromatic heterocycles. The van der Waals surface area contributed by atoms with Crippen LogP contribution in [0, 0.1) is 5.41 Å². The van der Waals surface area contributed by atoms with Gasteiger partial charge in [0.2, 0.25) is 0 Å². The van der Waals surface area contributed by atoms with Crippen molar-refractivity contribution in [2.45, 2.75) is 19.8 Å². The van der Waals surface area contributed by atoms with Crippen molar-refractivity contribution in [2.24, 2.45) is 5.41 Å². The third-order valence-corrected chi connectivity index (χ3v) is 5.25. The average Bonchev–Trinajstić information content (AvgIpc) is 2.48. The minimum atomic E-state index is -0.814. The van der Waals surface area contributed by atoms with Crippen molar-refractivity contribution in [3.05, 3.63) is 0 Å². The monoisotopic (exact) mass is 315 g/mol. The van der Waals surface area contributed by atoms with Gasteiger partial charge < -0.3 is 15.3 Å². The number of hydrogen-bond donors (Lipinski definition) is 2. The Morgan fingerprint density at radius 1 is 1.29 bits per heavy atom.